The summed E-state index contributed by atoms with van der Waals surface area (Å²) >= 11 is 0. The van der Waals surface area contributed by atoms with Crippen molar-refractivity contribution in [3.8, 4) is 0 Å². The number of nitrogens with one attached hydrogen (secondary N) is 6. The van der Waals surface area contributed by atoms with E-state index in [1.807, 2.05) is 0 Å². The van der Waals surface area contributed by atoms with Crippen LogP contribution in [0.4, 0.5) is 0 Å². The molecule has 0 heterocycles. The summed E-state index contributed by atoms with van der Waals surface area (Å²) in [7, 11) is 0. The topological polar surface area (TPSA) is 339 Å². The van der Waals surface area contributed by atoms with E-state index < -0.39 is 127 Å². The Hall–Kier alpha value is -4.85. The minimum Gasteiger partial charge on any atom is -0.481 e. The van der Waals surface area contributed by atoms with Crippen molar-refractivity contribution in [2.45, 2.75) is 123 Å². The summed E-state index contributed by atoms with van der Waals surface area (Å²) in [5, 5.41) is 42.7. The molecule has 0 aromatic heterocycles. The maximum atomic E-state index is 13.7. The van der Waals surface area contributed by atoms with Gasteiger partial charge in [-0.25, -0.2) is 4.79 Å². The molecule has 0 saturated heterocycles. The standard InChI is InChI=1S/C33H58N8O12/c1-7-17(5)26(40-29(48)20(13-23(43)44)36-22(42)15-35)31(50)37-19(11-9-10-12-34)28(47)38-21(14-24(45)46)30(49)41-27(18(6)8-2)32(51)39-25(16(3)4)33(52)53/h16-21,25-27H,7-15,34-35H2,1-6H3,(H,36,42)(H,37,50)(H,38,47)(H,39,51)(H,40,48)(H,41,49)(H,43,44)(H,45,46)(H,52,53)/t17-,18-,19-,20-,21-,25-,26-,27-/m0/s1. The van der Waals surface area contributed by atoms with Crippen LogP contribution in [-0.2, 0) is 43.2 Å². The highest BCUT2D eigenvalue weighted by Crippen LogP contribution is 2.13. The number of amides is 6. The molecule has 8 atom stereocenters. The normalized spacial score (nSPS) is 15.6. The van der Waals surface area contributed by atoms with Crippen molar-refractivity contribution in [3.63, 3.8) is 0 Å². The number of carboxylic acid groups (broad SMARTS) is 3. The van der Waals surface area contributed by atoms with Gasteiger partial charge < -0.3 is 58.7 Å². The molecule has 0 rings (SSSR count). The molecule has 0 fully saturated rings. The SMILES string of the molecule is CC[C@H](C)[C@H](NC(=O)[C@H](CC(=O)O)NC(=O)CN)C(=O)N[C@@H](CCCCN)C(=O)N[C@@H](CC(=O)O)C(=O)N[C@H](C(=O)N[C@H](C(=O)O)C(C)C)[C@@H](C)CC. The van der Waals surface area contributed by atoms with Crippen molar-refractivity contribution in [1.29, 1.82) is 0 Å². The fourth-order valence-corrected chi connectivity index (χ4v) is 4.98. The highest BCUT2D eigenvalue weighted by atomic mass is 16.4. The molecule has 0 aromatic carbocycles. The van der Waals surface area contributed by atoms with Crippen LogP contribution in [0.3, 0.4) is 0 Å². The Bertz CT molecular complexity index is 1300. The zero-order chi connectivity index (χ0) is 41.0. The Balaban J connectivity index is 6.40. The Morgan fingerprint density at radius 3 is 1.30 bits per heavy atom. The van der Waals surface area contributed by atoms with Crippen molar-refractivity contribution in [1.82, 2.24) is 31.9 Å². The van der Waals surface area contributed by atoms with E-state index in [0.29, 0.717) is 25.7 Å². The maximum absolute atomic E-state index is 13.7. The molecular formula is C33H58N8O12. The first-order chi connectivity index (χ1) is 24.7. The molecule has 0 aliphatic rings. The number of hydrogen-bond donors (Lipinski definition) is 11. The maximum Gasteiger partial charge on any atom is 0.326 e. The van der Waals surface area contributed by atoms with E-state index >= 15 is 0 Å². The number of unbranched alkanes of at least 4 members (excludes halogenated alkanes) is 1. The molecule has 0 spiro atoms. The molecule has 20 heteroatoms. The molecule has 302 valence electrons. The molecule has 0 radical (unpaired) electrons. The molecule has 13 N–H and O–H groups in total. The minimum atomic E-state index is -1.75. The summed E-state index contributed by atoms with van der Waals surface area (Å²) in [6.45, 7) is 9.51. The number of carboxylic acids is 3. The third kappa shape index (κ3) is 17.5. The van der Waals surface area contributed by atoms with Crippen LogP contribution in [0.2, 0.25) is 0 Å². The predicted octanol–water partition coefficient (Wildman–Crippen LogP) is -2.23. The molecule has 6 amide bonds. The Labute approximate surface area is 308 Å². The third-order valence-corrected chi connectivity index (χ3v) is 8.62. The van der Waals surface area contributed by atoms with E-state index in [1.165, 1.54) is 0 Å². The van der Waals surface area contributed by atoms with Gasteiger partial charge in [-0.15, -0.1) is 0 Å². The average Bonchev–Trinajstić information content (AvgIpc) is 3.08. The van der Waals surface area contributed by atoms with Gasteiger partial charge in [-0.3, -0.25) is 38.4 Å². The highest BCUT2D eigenvalue weighted by molar-refractivity contribution is 5.98. The summed E-state index contributed by atoms with van der Waals surface area (Å²) in [5.41, 5.74) is 10.9. The third-order valence-electron chi connectivity index (χ3n) is 8.62. The van der Waals surface area contributed by atoms with Crippen LogP contribution in [0.5, 0.6) is 0 Å². The first-order valence-corrected chi connectivity index (χ1v) is 17.6. The smallest absolute Gasteiger partial charge is 0.326 e. The molecule has 53 heavy (non-hydrogen) atoms. The average molecular weight is 759 g/mol. The minimum absolute atomic E-state index is 0.0325. The van der Waals surface area contributed by atoms with Crippen LogP contribution < -0.4 is 43.4 Å². The predicted molar refractivity (Wildman–Crippen MR) is 189 cm³/mol. The summed E-state index contributed by atoms with van der Waals surface area (Å²) in [6.07, 6.45) is -0.374. The van der Waals surface area contributed by atoms with Crippen LogP contribution in [0.1, 0.15) is 86.5 Å². The second-order valence-electron chi connectivity index (χ2n) is 13.2. The number of carbonyl (C=O) groups excluding carboxylic acids is 6. The van der Waals surface area contributed by atoms with E-state index in [4.69, 9.17) is 11.5 Å². The lowest BCUT2D eigenvalue weighted by Crippen LogP contribution is -2.61. The number of nitrogens with two attached hydrogens (primary N) is 2. The monoisotopic (exact) mass is 758 g/mol. The Kier molecular flexibility index (Phi) is 22.2. The van der Waals surface area contributed by atoms with Gasteiger partial charge >= 0.3 is 17.9 Å². The fourth-order valence-electron chi connectivity index (χ4n) is 4.98. The zero-order valence-corrected chi connectivity index (χ0v) is 31.2. The van der Waals surface area contributed by atoms with Gasteiger partial charge in [0.2, 0.25) is 35.4 Å². The van der Waals surface area contributed by atoms with Crippen molar-refractivity contribution in [2.75, 3.05) is 13.1 Å². The van der Waals surface area contributed by atoms with Crippen molar-refractivity contribution >= 4 is 53.4 Å². The molecule has 20 nitrogen and oxygen atoms in total. The van der Waals surface area contributed by atoms with Crippen LogP contribution in [0.25, 0.3) is 0 Å². The van der Waals surface area contributed by atoms with Crippen molar-refractivity contribution in [3.05, 3.63) is 0 Å². The number of aliphatic carboxylic acids is 3. The Morgan fingerprint density at radius 2 is 0.925 bits per heavy atom. The van der Waals surface area contributed by atoms with Gasteiger partial charge in [0.05, 0.1) is 19.4 Å². The van der Waals surface area contributed by atoms with Crippen LogP contribution in [0, 0.1) is 17.8 Å². The molecule has 0 aromatic rings. The van der Waals surface area contributed by atoms with Gasteiger partial charge in [-0.2, -0.15) is 0 Å². The molecule has 0 unspecified atom stereocenters. The van der Waals surface area contributed by atoms with Crippen LogP contribution >= 0.6 is 0 Å². The van der Waals surface area contributed by atoms with Gasteiger partial charge in [0.15, 0.2) is 0 Å². The quantitative estimate of drug-likeness (QED) is 0.0416. The number of carbonyl (C=O) groups is 9. The summed E-state index contributed by atoms with van der Waals surface area (Å²) < 4.78 is 0. The lowest BCUT2D eigenvalue weighted by Gasteiger charge is -2.30. The summed E-state index contributed by atoms with van der Waals surface area (Å²) in [5.74, 6) is -11.4. The molecule has 0 aliphatic carbocycles. The van der Waals surface area contributed by atoms with Crippen LogP contribution in [0.15, 0.2) is 0 Å². The molecule has 0 aliphatic heterocycles. The lowest BCUT2D eigenvalue weighted by molar-refractivity contribution is -0.144. The van der Waals surface area contributed by atoms with Crippen LogP contribution in [-0.4, -0.2) is 118 Å². The van der Waals surface area contributed by atoms with Gasteiger partial charge in [0.25, 0.3) is 0 Å². The Morgan fingerprint density at radius 1 is 0.528 bits per heavy atom. The van der Waals surface area contributed by atoms with E-state index in [0.717, 1.165) is 0 Å². The van der Waals surface area contributed by atoms with E-state index in [1.54, 1.807) is 41.5 Å². The van der Waals surface area contributed by atoms with E-state index in [9.17, 15) is 58.5 Å². The number of hydrogen-bond acceptors (Lipinski definition) is 11. The second kappa shape index (κ2) is 24.4. The fraction of sp³-hybridized carbons (Fsp3) is 0.727. The molecule has 0 saturated carbocycles. The summed E-state index contributed by atoms with van der Waals surface area (Å²) in [4.78, 5) is 114. The summed E-state index contributed by atoms with van der Waals surface area (Å²) in [6, 6.07) is -8.64. The van der Waals surface area contributed by atoms with Gasteiger partial charge in [-0.1, -0.05) is 54.4 Å². The largest absolute Gasteiger partial charge is 0.481 e. The second-order valence-corrected chi connectivity index (χ2v) is 13.2. The van der Waals surface area contributed by atoms with E-state index in [-0.39, 0.29) is 13.0 Å². The highest BCUT2D eigenvalue weighted by Gasteiger charge is 2.36. The van der Waals surface area contributed by atoms with Gasteiger partial charge in [0.1, 0.15) is 36.3 Å². The van der Waals surface area contributed by atoms with Crippen molar-refractivity contribution < 1.29 is 58.5 Å². The van der Waals surface area contributed by atoms with E-state index in [2.05, 4.69) is 31.9 Å². The zero-order valence-electron chi connectivity index (χ0n) is 31.2. The molecular weight excluding hydrogens is 700 g/mol. The lowest BCUT2D eigenvalue weighted by atomic mass is 9.96. The molecule has 0 bridgehead atoms. The number of rotatable bonds is 26. The van der Waals surface area contributed by atoms with Gasteiger partial charge in [0, 0.05) is 0 Å². The first kappa shape index (κ1) is 48.1. The van der Waals surface area contributed by atoms with Gasteiger partial charge in [-0.05, 0) is 43.6 Å². The first-order valence-electron chi connectivity index (χ1n) is 17.6. The van der Waals surface area contributed by atoms with Crippen molar-refractivity contribution in [2.24, 2.45) is 29.2 Å².